The highest BCUT2D eigenvalue weighted by Gasteiger charge is 2.61. The highest BCUT2D eigenvalue weighted by Crippen LogP contribution is 2.40. The standard InChI is InChI=1S/C58H98N2O43/c1-12-25(68)32(75)38(81)53(88-12)99-45-21(10-65)95-52(24(60-16(5)67)46(45)100-58-49(35(78)28(71)17(6-61)93-58)103-55-40(83)34(77)27(70)14(3)90-55)101-48-30(73)22(96-57(42(48)85)98-44-19(8-63)91-50(86)37(80)36(44)79)11-87-51-23(59-15(4)66)31(74)43(20(9-64)94-51)97-56-41(84)47(29(72)18(7-62)92-56)102-54-39(82)33(76)26(69)13(2)89-54/h12-14,17-58,61-65,68-86H,6-11H2,1-5H3,(H,59,66)(H,60,67)/t12-,13-,14-,17+,18+,19+,20+,21+,22+,23+,24+,25+,26+,27+,28+,29-,30+,31+,32+,33+,34+,35-,36-,37+,38-,39-,40-,41+,42-,43+,44+,45+,46+,47-,48-,49-,50?,51+,52-,53-,54-,55+,56-,57-,58-/m0/s1. The predicted octanol–water partition coefficient (Wildman–Crippen LogP) is -17.3. The normalized spacial score (nSPS) is 52.3. The summed E-state index contributed by atoms with van der Waals surface area (Å²) in [7, 11) is 0. The van der Waals surface area contributed by atoms with Crippen LogP contribution in [-0.4, -0.2) is 450 Å². The lowest BCUT2D eigenvalue weighted by molar-refractivity contribution is -0.401. The Balaban J connectivity index is 1.04. The fourth-order valence-electron chi connectivity index (χ4n) is 13.5. The number of aliphatic hydroxyl groups is 24. The van der Waals surface area contributed by atoms with Gasteiger partial charge in [-0.15, -0.1) is 0 Å². The topological polar surface area (TPSA) is 701 Å². The number of amides is 2. The lowest BCUT2D eigenvalue weighted by atomic mass is 9.93. The van der Waals surface area contributed by atoms with Gasteiger partial charge in [-0.2, -0.15) is 0 Å². The molecule has 0 spiro atoms. The molecular formula is C58H98N2O43. The highest BCUT2D eigenvalue weighted by molar-refractivity contribution is 5.73. The molecule has 2 amide bonds. The summed E-state index contributed by atoms with van der Waals surface area (Å²) >= 11 is 0. The van der Waals surface area contributed by atoms with Crippen LogP contribution < -0.4 is 10.6 Å². The third kappa shape index (κ3) is 18.0. The molecule has 0 aromatic carbocycles. The van der Waals surface area contributed by atoms with Gasteiger partial charge in [-0.3, -0.25) is 9.59 Å². The van der Waals surface area contributed by atoms with Crippen LogP contribution in [0, 0.1) is 0 Å². The van der Waals surface area contributed by atoms with E-state index in [-0.39, 0.29) is 0 Å². The first kappa shape index (κ1) is 84.3. The maximum Gasteiger partial charge on any atom is 0.217 e. The van der Waals surface area contributed by atoms with Crippen molar-refractivity contribution < 1.29 is 213 Å². The van der Waals surface area contributed by atoms with Crippen LogP contribution in [0.15, 0.2) is 0 Å². The maximum absolute atomic E-state index is 13.6. The molecule has 9 aliphatic heterocycles. The lowest BCUT2D eigenvalue weighted by Crippen LogP contribution is -2.71. The number of rotatable bonds is 24. The second-order valence-electron chi connectivity index (χ2n) is 26.6. The Hall–Kier alpha value is -2.70. The molecule has 0 radical (unpaired) electrons. The summed E-state index contributed by atoms with van der Waals surface area (Å²) in [6.45, 7) is -0.843. The van der Waals surface area contributed by atoms with Gasteiger partial charge in [0.05, 0.1) is 58.0 Å². The molecule has 45 atom stereocenters. The average molecular weight is 1510 g/mol. The first-order chi connectivity index (χ1) is 48.6. The van der Waals surface area contributed by atoms with Gasteiger partial charge < -0.3 is 214 Å². The Kier molecular flexibility index (Phi) is 29.5. The number of aliphatic hydroxyl groups excluding tert-OH is 24. The molecule has 9 heterocycles. The van der Waals surface area contributed by atoms with E-state index in [0.29, 0.717) is 0 Å². The van der Waals surface area contributed by atoms with Crippen molar-refractivity contribution in [3.63, 3.8) is 0 Å². The summed E-state index contributed by atoms with van der Waals surface area (Å²) in [4.78, 5) is 26.5. The largest absolute Gasteiger partial charge is 0.394 e. The van der Waals surface area contributed by atoms with Gasteiger partial charge in [-0.25, -0.2) is 0 Å². The quantitative estimate of drug-likeness (QED) is 0.0427. The molecule has 9 fully saturated rings. The van der Waals surface area contributed by atoms with E-state index in [2.05, 4.69) is 10.6 Å². The first-order valence-electron chi connectivity index (χ1n) is 33.2. The van der Waals surface area contributed by atoms with E-state index in [1.807, 2.05) is 0 Å². The Labute approximate surface area is 584 Å². The Morgan fingerprint density at radius 2 is 0.602 bits per heavy atom. The fraction of sp³-hybridized carbons (Fsp3) is 0.966. The molecule has 9 rings (SSSR count). The van der Waals surface area contributed by atoms with Crippen LogP contribution in [-0.2, 0) is 90.1 Å². The summed E-state index contributed by atoms with van der Waals surface area (Å²) < 4.78 is 101. The third-order valence-electron chi connectivity index (χ3n) is 19.4. The van der Waals surface area contributed by atoms with Gasteiger partial charge in [-0.05, 0) is 20.8 Å². The van der Waals surface area contributed by atoms with Crippen LogP contribution in [0.4, 0.5) is 0 Å². The van der Waals surface area contributed by atoms with Crippen molar-refractivity contribution in [2.45, 2.75) is 311 Å². The Bertz CT molecular complexity index is 2660. The number of carbonyl (C=O) groups is 2. The van der Waals surface area contributed by atoms with E-state index in [1.54, 1.807) is 0 Å². The van der Waals surface area contributed by atoms with Crippen molar-refractivity contribution >= 4 is 11.8 Å². The van der Waals surface area contributed by atoms with Gasteiger partial charge in [0.25, 0.3) is 0 Å². The first-order valence-corrected chi connectivity index (χ1v) is 33.2. The second kappa shape index (κ2) is 36.0. The van der Waals surface area contributed by atoms with Gasteiger partial charge in [-0.1, -0.05) is 0 Å². The minimum Gasteiger partial charge on any atom is -0.394 e. The van der Waals surface area contributed by atoms with Crippen molar-refractivity contribution in [1.29, 1.82) is 0 Å². The Morgan fingerprint density at radius 1 is 0.272 bits per heavy atom. The minimum absolute atomic E-state index is 0.906. The Morgan fingerprint density at radius 3 is 1.08 bits per heavy atom. The smallest absolute Gasteiger partial charge is 0.217 e. The second-order valence-corrected chi connectivity index (χ2v) is 26.6. The van der Waals surface area contributed by atoms with Gasteiger partial charge in [0, 0.05) is 13.8 Å². The van der Waals surface area contributed by atoms with E-state index in [1.165, 1.54) is 20.8 Å². The average Bonchev–Trinajstić information content (AvgIpc) is 0.756. The monoisotopic (exact) mass is 1510 g/mol. The molecule has 9 aliphatic rings. The van der Waals surface area contributed by atoms with Crippen LogP contribution >= 0.6 is 0 Å². The van der Waals surface area contributed by atoms with Gasteiger partial charge >= 0.3 is 0 Å². The fourth-order valence-corrected chi connectivity index (χ4v) is 13.5. The predicted molar refractivity (Wildman–Crippen MR) is 316 cm³/mol. The van der Waals surface area contributed by atoms with Crippen molar-refractivity contribution in [2.24, 2.45) is 0 Å². The highest BCUT2D eigenvalue weighted by atomic mass is 16.8. The summed E-state index contributed by atoms with van der Waals surface area (Å²) in [6.07, 6.45) is -85.1. The van der Waals surface area contributed by atoms with Gasteiger partial charge in [0.15, 0.2) is 56.6 Å². The SMILES string of the molecule is CC(=O)N[C@H]1[C@H](OC[C@H]2O[C@@H](O[C@H]3[C@@H](O)[C@@H](O)C(O)O[C@@H]3CO)[C@@H](O)[C@@H](O[C@@H]3O[C@H](CO)[C@@H](O[C@@H]4O[C@@H](C)[C@@H](O)[C@@H](O)[C@@H]4O)[C@H](O[C@@H]4O[C@H](CO)[C@@H](O)[C@H](O)[C@@H]4O[C@H]4O[C@@H](C)[C@@H](O)[C@@H](O)[C@@H]4O)[C@H]3NC(C)=O)[C@@H]2O)O[C@H](CO)[C@@H](O[C@@H]2O[C@H](CO)[C@H](O)[C@H](O[C@@H]3O[C@@H](C)[C@@H](O)[C@@H](O)[C@@H]3O)[C@H]2O)[C@@H]1O. The molecule has 0 saturated carbocycles. The molecule has 0 aliphatic carbocycles. The summed E-state index contributed by atoms with van der Waals surface area (Å²) in [5, 5.41) is 269. The number of nitrogens with one attached hydrogen (secondary N) is 2. The van der Waals surface area contributed by atoms with Crippen molar-refractivity contribution in [3.05, 3.63) is 0 Å². The number of hydrogen-bond acceptors (Lipinski definition) is 43. The van der Waals surface area contributed by atoms with Gasteiger partial charge in [0.2, 0.25) is 11.8 Å². The molecular weight excluding hydrogens is 1410 g/mol. The van der Waals surface area contributed by atoms with Crippen LogP contribution in [0.1, 0.15) is 34.6 Å². The zero-order chi connectivity index (χ0) is 75.8. The molecule has 26 N–H and O–H groups in total. The number of ether oxygens (including phenoxy) is 17. The van der Waals surface area contributed by atoms with E-state index >= 15 is 0 Å². The molecule has 598 valence electrons. The van der Waals surface area contributed by atoms with E-state index in [4.69, 9.17) is 80.5 Å². The summed E-state index contributed by atoms with van der Waals surface area (Å²) in [5.74, 6) is -1.92. The van der Waals surface area contributed by atoms with Crippen molar-refractivity contribution in [1.82, 2.24) is 10.6 Å². The van der Waals surface area contributed by atoms with Gasteiger partial charge in [0.1, 0.15) is 201 Å². The zero-order valence-corrected chi connectivity index (χ0v) is 55.7. The van der Waals surface area contributed by atoms with Crippen molar-refractivity contribution in [2.75, 3.05) is 39.6 Å². The molecule has 45 heteroatoms. The van der Waals surface area contributed by atoms with Crippen LogP contribution in [0.3, 0.4) is 0 Å². The maximum atomic E-state index is 13.6. The number of hydrogen-bond donors (Lipinski definition) is 26. The third-order valence-corrected chi connectivity index (χ3v) is 19.4. The molecule has 0 bridgehead atoms. The van der Waals surface area contributed by atoms with E-state index in [0.717, 1.165) is 13.8 Å². The summed E-state index contributed by atoms with van der Waals surface area (Å²) in [5.41, 5.74) is 0. The molecule has 0 aromatic heterocycles. The van der Waals surface area contributed by atoms with Crippen molar-refractivity contribution in [3.8, 4) is 0 Å². The van der Waals surface area contributed by atoms with Crippen LogP contribution in [0.5, 0.6) is 0 Å². The van der Waals surface area contributed by atoms with E-state index in [9.17, 15) is 132 Å². The molecule has 45 nitrogen and oxygen atoms in total. The molecule has 1 unspecified atom stereocenters. The molecule has 9 saturated heterocycles. The molecule has 103 heavy (non-hydrogen) atoms. The summed E-state index contributed by atoms with van der Waals surface area (Å²) in [6, 6.07) is -3.91. The lowest BCUT2D eigenvalue weighted by Gasteiger charge is -2.52. The molecule has 0 aromatic rings. The number of carbonyl (C=O) groups excluding carboxylic acids is 2. The van der Waals surface area contributed by atoms with E-state index < -0.39 is 328 Å². The van der Waals surface area contributed by atoms with Crippen LogP contribution in [0.25, 0.3) is 0 Å². The minimum atomic E-state index is -2.46. The zero-order valence-electron chi connectivity index (χ0n) is 55.7. The van der Waals surface area contributed by atoms with Crippen LogP contribution in [0.2, 0.25) is 0 Å².